The number of nitrogens with zero attached hydrogens (tertiary/aromatic N) is 1. The van der Waals surface area contributed by atoms with Gasteiger partial charge in [-0.15, -0.1) is 0 Å². The molecule has 0 fully saturated rings. The molecule has 0 radical (unpaired) electrons. The van der Waals surface area contributed by atoms with Gasteiger partial charge in [-0.25, -0.2) is 0 Å². The number of benzene rings is 2. The molecule has 0 aromatic heterocycles. The van der Waals surface area contributed by atoms with E-state index in [9.17, 15) is 4.79 Å². The number of amides is 1. The second-order valence-corrected chi connectivity index (χ2v) is 7.97. The number of carbonyl (C=O) groups is 1. The standard InChI is InChI=1S/C21H27NO/c1-20(2,3)17-12-14-18(15-13-17)22(21(4,5)6)19(23)16-10-8-7-9-11-16/h7-15H,1-6H3. The lowest BCUT2D eigenvalue weighted by atomic mass is 9.87. The van der Waals surface area contributed by atoms with Crippen molar-refractivity contribution in [3.8, 4) is 0 Å². The molecular formula is C21H27NO. The van der Waals surface area contributed by atoms with E-state index in [1.54, 1.807) is 0 Å². The predicted octanol–water partition coefficient (Wildman–Crippen LogP) is 5.43. The van der Waals surface area contributed by atoms with Crippen molar-refractivity contribution in [2.45, 2.75) is 52.5 Å². The van der Waals surface area contributed by atoms with E-state index < -0.39 is 0 Å². The highest BCUT2D eigenvalue weighted by molar-refractivity contribution is 6.06. The fraction of sp³-hybridized carbons (Fsp3) is 0.381. The summed E-state index contributed by atoms with van der Waals surface area (Å²) in [6, 6.07) is 17.8. The second kappa shape index (κ2) is 6.19. The average molecular weight is 309 g/mol. The fourth-order valence-corrected chi connectivity index (χ4v) is 2.63. The maximum Gasteiger partial charge on any atom is 0.258 e. The first-order valence-corrected chi connectivity index (χ1v) is 8.11. The van der Waals surface area contributed by atoms with Crippen molar-refractivity contribution in [1.29, 1.82) is 0 Å². The Morgan fingerprint density at radius 2 is 1.30 bits per heavy atom. The minimum Gasteiger partial charge on any atom is -0.303 e. The first kappa shape index (κ1) is 17.3. The molecule has 2 aromatic rings. The molecule has 2 rings (SSSR count). The van der Waals surface area contributed by atoms with Crippen LogP contribution in [0.1, 0.15) is 57.5 Å². The molecule has 0 saturated heterocycles. The van der Waals surface area contributed by atoms with Crippen LogP contribution in [0.4, 0.5) is 5.69 Å². The van der Waals surface area contributed by atoms with Gasteiger partial charge in [-0.05, 0) is 56.0 Å². The van der Waals surface area contributed by atoms with E-state index in [1.807, 2.05) is 47.4 Å². The minimum absolute atomic E-state index is 0.0293. The van der Waals surface area contributed by atoms with Crippen LogP contribution in [0.15, 0.2) is 54.6 Å². The number of anilines is 1. The molecule has 1 amide bonds. The van der Waals surface area contributed by atoms with Gasteiger partial charge >= 0.3 is 0 Å². The molecule has 122 valence electrons. The minimum atomic E-state index is -0.295. The highest BCUT2D eigenvalue weighted by Crippen LogP contribution is 2.29. The van der Waals surface area contributed by atoms with Gasteiger partial charge in [-0.2, -0.15) is 0 Å². The Bertz CT molecular complexity index is 658. The summed E-state index contributed by atoms with van der Waals surface area (Å²) in [6.45, 7) is 12.8. The van der Waals surface area contributed by atoms with Crippen LogP contribution in [-0.2, 0) is 5.41 Å². The first-order valence-electron chi connectivity index (χ1n) is 8.11. The summed E-state index contributed by atoms with van der Waals surface area (Å²) >= 11 is 0. The summed E-state index contributed by atoms with van der Waals surface area (Å²) in [4.78, 5) is 14.9. The van der Waals surface area contributed by atoms with Crippen molar-refractivity contribution in [2.75, 3.05) is 4.90 Å². The molecule has 0 aliphatic heterocycles. The van der Waals surface area contributed by atoms with Crippen LogP contribution in [-0.4, -0.2) is 11.4 Å². The second-order valence-electron chi connectivity index (χ2n) is 7.97. The topological polar surface area (TPSA) is 20.3 Å². The molecule has 0 heterocycles. The van der Waals surface area contributed by atoms with Gasteiger partial charge in [-0.3, -0.25) is 4.79 Å². The van der Waals surface area contributed by atoms with Crippen molar-refractivity contribution < 1.29 is 4.79 Å². The first-order chi connectivity index (χ1) is 10.6. The summed E-state index contributed by atoms with van der Waals surface area (Å²) in [5.41, 5.74) is 2.72. The summed E-state index contributed by atoms with van der Waals surface area (Å²) in [5.74, 6) is 0.0293. The average Bonchev–Trinajstić information content (AvgIpc) is 2.46. The van der Waals surface area contributed by atoms with Crippen LogP contribution in [0.3, 0.4) is 0 Å². The van der Waals surface area contributed by atoms with Crippen molar-refractivity contribution in [1.82, 2.24) is 0 Å². The maximum atomic E-state index is 13.0. The third-order valence-electron chi connectivity index (χ3n) is 3.89. The van der Waals surface area contributed by atoms with Gasteiger partial charge in [0.2, 0.25) is 0 Å². The highest BCUT2D eigenvalue weighted by atomic mass is 16.2. The van der Waals surface area contributed by atoms with Crippen LogP contribution in [0.25, 0.3) is 0 Å². The Hall–Kier alpha value is -2.09. The van der Waals surface area contributed by atoms with E-state index in [-0.39, 0.29) is 16.9 Å². The van der Waals surface area contributed by atoms with Crippen LogP contribution in [0.2, 0.25) is 0 Å². The molecule has 0 bridgehead atoms. The molecule has 0 N–H and O–H groups in total. The van der Waals surface area contributed by atoms with Crippen LogP contribution < -0.4 is 4.90 Å². The Morgan fingerprint density at radius 1 is 0.783 bits per heavy atom. The molecule has 0 aliphatic rings. The fourth-order valence-electron chi connectivity index (χ4n) is 2.63. The molecule has 0 atom stereocenters. The Balaban J connectivity index is 2.43. The lowest BCUT2D eigenvalue weighted by Gasteiger charge is -2.36. The molecule has 23 heavy (non-hydrogen) atoms. The molecular weight excluding hydrogens is 282 g/mol. The van der Waals surface area contributed by atoms with E-state index in [0.717, 1.165) is 5.69 Å². The Kier molecular flexibility index (Phi) is 4.65. The van der Waals surface area contributed by atoms with Gasteiger partial charge in [-0.1, -0.05) is 51.1 Å². The zero-order chi connectivity index (χ0) is 17.3. The van der Waals surface area contributed by atoms with Gasteiger partial charge in [0, 0.05) is 16.8 Å². The van der Waals surface area contributed by atoms with E-state index in [1.165, 1.54) is 5.56 Å². The highest BCUT2D eigenvalue weighted by Gasteiger charge is 2.29. The third-order valence-corrected chi connectivity index (χ3v) is 3.89. The summed E-state index contributed by atoms with van der Waals surface area (Å²) in [7, 11) is 0. The zero-order valence-corrected chi connectivity index (χ0v) is 15.1. The van der Waals surface area contributed by atoms with Gasteiger partial charge < -0.3 is 4.90 Å². The monoisotopic (exact) mass is 309 g/mol. The van der Waals surface area contributed by atoms with Crippen LogP contribution >= 0.6 is 0 Å². The van der Waals surface area contributed by atoms with E-state index in [2.05, 4.69) is 53.7 Å². The third kappa shape index (κ3) is 4.01. The largest absolute Gasteiger partial charge is 0.303 e. The van der Waals surface area contributed by atoms with E-state index >= 15 is 0 Å². The van der Waals surface area contributed by atoms with E-state index in [0.29, 0.717) is 5.56 Å². The van der Waals surface area contributed by atoms with E-state index in [4.69, 9.17) is 0 Å². The molecule has 2 aromatic carbocycles. The maximum absolute atomic E-state index is 13.0. The lowest BCUT2D eigenvalue weighted by molar-refractivity contribution is 0.0966. The van der Waals surface area contributed by atoms with Gasteiger partial charge in [0.05, 0.1) is 0 Å². The summed E-state index contributed by atoms with van der Waals surface area (Å²) in [5, 5.41) is 0. The molecule has 2 nitrogen and oxygen atoms in total. The normalized spacial score (nSPS) is 12.1. The van der Waals surface area contributed by atoms with Crippen LogP contribution in [0, 0.1) is 0 Å². The zero-order valence-electron chi connectivity index (χ0n) is 15.1. The molecule has 0 spiro atoms. The van der Waals surface area contributed by atoms with Gasteiger partial charge in [0.25, 0.3) is 5.91 Å². The van der Waals surface area contributed by atoms with Crippen molar-refractivity contribution in [3.05, 3.63) is 65.7 Å². The molecule has 0 saturated carbocycles. The number of hydrogen-bond acceptors (Lipinski definition) is 1. The van der Waals surface area contributed by atoms with Crippen molar-refractivity contribution >= 4 is 11.6 Å². The smallest absolute Gasteiger partial charge is 0.258 e. The molecule has 2 heteroatoms. The number of rotatable bonds is 2. The molecule has 0 unspecified atom stereocenters. The quantitative estimate of drug-likeness (QED) is 0.724. The number of carbonyl (C=O) groups excluding carboxylic acids is 1. The van der Waals surface area contributed by atoms with Crippen molar-refractivity contribution in [3.63, 3.8) is 0 Å². The predicted molar refractivity (Wildman–Crippen MR) is 98.1 cm³/mol. The summed E-state index contributed by atoms with van der Waals surface area (Å²) < 4.78 is 0. The molecule has 0 aliphatic carbocycles. The van der Waals surface area contributed by atoms with Crippen molar-refractivity contribution in [2.24, 2.45) is 0 Å². The van der Waals surface area contributed by atoms with Crippen LogP contribution in [0.5, 0.6) is 0 Å². The summed E-state index contributed by atoms with van der Waals surface area (Å²) in [6.07, 6.45) is 0. The SMILES string of the molecule is CC(C)(C)c1ccc(N(C(=O)c2ccccc2)C(C)(C)C)cc1. The van der Waals surface area contributed by atoms with Gasteiger partial charge in [0.15, 0.2) is 0 Å². The Labute approximate surface area is 140 Å². The Morgan fingerprint density at radius 3 is 1.74 bits per heavy atom. The van der Waals surface area contributed by atoms with Gasteiger partial charge in [0.1, 0.15) is 0 Å². The lowest BCUT2D eigenvalue weighted by Crippen LogP contribution is -2.46. The number of hydrogen-bond donors (Lipinski definition) is 0.